The standard InChI is InChI=1S/C24H32N2O5/c1-28-13-11-25(17-22(27)18-30-19-24-9-5-12-31-24)16-21-7-4-10-26(21)15-20-6-3-8-23(14-20)29-2/h3-10,12,14,22,27H,11,13,15-19H2,1-2H3. The summed E-state index contributed by atoms with van der Waals surface area (Å²) in [5, 5.41) is 10.5. The first kappa shape index (κ1) is 23.1. The first-order valence-corrected chi connectivity index (χ1v) is 10.4. The lowest BCUT2D eigenvalue weighted by Crippen LogP contribution is -2.37. The van der Waals surface area contributed by atoms with Gasteiger partial charge in [0.05, 0.1) is 32.7 Å². The molecule has 0 saturated heterocycles. The van der Waals surface area contributed by atoms with Crippen molar-refractivity contribution < 1.29 is 23.7 Å². The number of aliphatic hydroxyl groups is 1. The zero-order valence-electron chi connectivity index (χ0n) is 18.3. The fourth-order valence-corrected chi connectivity index (χ4v) is 3.44. The van der Waals surface area contributed by atoms with Crippen LogP contribution < -0.4 is 4.74 Å². The van der Waals surface area contributed by atoms with Crippen LogP contribution in [-0.2, 0) is 29.2 Å². The minimum absolute atomic E-state index is 0.245. The highest BCUT2D eigenvalue weighted by Gasteiger charge is 2.15. The number of hydrogen-bond donors (Lipinski definition) is 1. The smallest absolute Gasteiger partial charge is 0.129 e. The minimum Gasteiger partial charge on any atom is -0.497 e. The Hall–Kier alpha value is -2.58. The Morgan fingerprint density at radius 3 is 2.81 bits per heavy atom. The second kappa shape index (κ2) is 12.3. The summed E-state index contributed by atoms with van der Waals surface area (Å²) >= 11 is 0. The average Bonchev–Trinajstić information content (AvgIpc) is 3.44. The zero-order valence-corrected chi connectivity index (χ0v) is 18.3. The molecule has 0 bridgehead atoms. The normalized spacial score (nSPS) is 12.4. The first-order chi connectivity index (χ1) is 15.2. The molecule has 0 aliphatic carbocycles. The molecule has 1 unspecified atom stereocenters. The largest absolute Gasteiger partial charge is 0.497 e. The topological polar surface area (TPSA) is 69.2 Å². The number of rotatable bonds is 14. The first-order valence-electron chi connectivity index (χ1n) is 10.4. The Morgan fingerprint density at radius 1 is 1.13 bits per heavy atom. The van der Waals surface area contributed by atoms with E-state index in [-0.39, 0.29) is 6.61 Å². The minimum atomic E-state index is -0.603. The molecular weight excluding hydrogens is 396 g/mol. The molecule has 1 aromatic carbocycles. The summed E-state index contributed by atoms with van der Waals surface area (Å²) in [7, 11) is 3.37. The molecule has 0 fully saturated rings. The molecule has 2 aromatic heterocycles. The molecule has 7 heteroatoms. The molecule has 7 nitrogen and oxygen atoms in total. The molecule has 0 aliphatic rings. The van der Waals surface area contributed by atoms with E-state index in [4.69, 9.17) is 18.6 Å². The van der Waals surface area contributed by atoms with Crippen LogP contribution in [0.15, 0.2) is 65.4 Å². The molecule has 3 aromatic rings. The average molecular weight is 429 g/mol. The number of nitrogens with zero attached hydrogens (tertiary/aromatic N) is 2. The highest BCUT2D eigenvalue weighted by molar-refractivity contribution is 5.29. The van der Waals surface area contributed by atoms with Crippen LogP contribution in [0.1, 0.15) is 17.0 Å². The molecular formula is C24H32N2O5. The fourth-order valence-electron chi connectivity index (χ4n) is 3.44. The fraction of sp³-hybridized carbons (Fsp3) is 0.417. The van der Waals surface area contributed by atoms with Gasteiger partial charge < -0.3 is 28.3 Å². The Kier molecular flexibility index (Phi) is 9.17. The van der Waals surface area contributed by atoms with Crippen molar-refractivity contribution in [1.82, 2.24) is 9.47 Å². The lowest BCUT2D eigenvalue weighted by atomic mass is 10.2. The van der Waals surface area contributed by atoms with Crippen LogP contribution in [0.4, 0.5) is 0 Å². The summed E-state index contributed by atoms with van der Waals surface area (Å²) in [4.78, 5) is 2.18. The maximum atomic E-state index is 10.5. The molecule has 0 radical (unpaired) electrons. The van der Waals surface area contributed by atoms with Crippen molar-refractivity contribution in [2.45, 2.75) is 25.8 Å². The maximum Gasteiger partial charge on any atom is 0.129 e. The van der Waals surface area contributed by atoms with Crippen LogP contribution in [0.25, 0.3) is 0 Å². The summed E-state index contributed by atoms with van der Waals surface area (Å²) in [5.41, 5.74) is 2.34. The van der Waals surface area contributed by atoms with E-state index in [0.717, 1.165) is 24.6 Å². The number of benzene rings is 1. The van der Waals surface area contributed by atoms with Crippen LogP contribution in [0.5, 0.6) is 5.75 Å². The number of methoxy groups -OCH3 is 2. The molecule has 0 amide bonds. The molecule has 0 spiro atoms. The van der Waals surface area contributed by atoms with Gasteiger partial charge in [-0.2, -0.15) is 0 Å². The summed E-state index contributed by atoms with van der Waals surface area (Å²) < 4.78 is 23.7. The van der Waals surface area contributed by atoms with E-state index < -0.39 is 6.10 Å². The van der Waals surface area contributed by atoms with Gasteiger partial charge in [0.1, 0.15) is 18.1 Å². The van der Waals surface area contributed by atoms with Gasteiger partial charge in [-0.3, -0.25) is 4.90 Å². The highest BCUT2D eigenvalue weighted by atomic mass is 16.5. The third-order valence-electron chi connectivity index (χ3n) is 5.01. The number of hydrogen-bond acceptors (Lipinski definition) is 6. The predicted molar refractivity (Wildman–Crippen MR) is 118 cm³/mol. The monoisotopic (exact) mass is 428 g/mol. The Bertz CT molecular complexity index is 878. The van der Waals surface area contributed by atoms with Crippen molar-refractivity contribution in [1.29, 1.82) is 0 Å². The Morgan fingerprint density at radius 2 is 2.03 bits per heavy atom. The molecule has 168 valence electrons. The van der Waals surface area contributed by atoms with Crippen molar-refractivity contribution >= 4 is 0 Å². The van der Waals surface area contributed by atoms with E-state index in [0.29, 0.717) is 26.3 Å². The quantitative estimate of drug-likeness (QED) is 0.425. The van der Waals surface area contributed by atoms with Crippen LogP contribution >= 0.6 is 0 Å². The molecule has 2 heterocycles. The van der Waals surface area contributed by atoms with Crippen molar-refractivity contribution in [3.05, 3.63) is 78.0 Å². The van der Waals surface area contributed by atoms with Gasteiger partial charge in [0.2, 0.25) is 0 Å². The lowest BCUT2D eigenvalue weighted by molar-refractivity contribution is 0.000155. The van der Waals surface area contributed by atoms with Gasteiger partial charge >= 0.3 is 0 Å². The van der Waals surface area contributed by atoms with Crippen molar-refractivity contribution in [3.63, 3.8) is 0 Å². The molecule has 0 aliphatic heterocycles. The molecule has 31 heavy (non-hydrogen) atoms. The van der Waals surface area contributed by atoms with Gasteiger partial charge in [-0.15, -0.1) is 0 Å². The Labute approximate surface area is 183 Å². The maximum absolute atomic E-state index is 10.5. The van der Waals surface area contributed by atoms with Crippen molar-refractivity contribution in [2.75, 3.05) is 40.5 Å². The van der Waals surface area contributed by atoms with Crippen LogP contribution in [0, 0.1) is 0 Å². The number of ether oxygens (including phenoxy) is 3. The summed E-state index contributed by atoms with van der Waals surface area (Å²) in [6, 6.07) is 15.9. The second-order valence-electron chi connectivity index (χ2n) is 7.46. The predicted octanol–water partition coefficient (Wildman–Crippen LogP) is 3.16. The third-order valence-corrected chi connectivity index (χ3v) is 5.01. The van der Waals surface area contributed by atoms with Gasteiger partial charge in [-0.25, -0.2) is 0 Å². The van der Waals surface area contributed by atoms with E-state index >= 15 is 0 Å². The van der Waals surface area contributed by atoms with E-state index in [1.54, 1.807) is 20.5 Å². The van der Waals surface area contributed by atoms with Gasteiger partial charge in [-0.05, 0) is 42.0 Å². The highest BCUT2D eigenvalue weighted by Crippen LogP contribution is 2.16. The number of aromatic nitrogens is 1. The molecule has 3 rings (SSSR count). The summed E-state index contributed by atoms with van der Waals surface area (Å²) in [5.74, 6) is 1.60. The molecule has 1 atom stereocenters. The zero-order chi connectivity index (χ0) is 21.9. The SMILES string of the molecule is COCCN(Cc1cccn1Cc1cccc(OC)c1)CC(O)COCc1ccco1. The van der Waals surface area contributed by atoms with Crippen molar-refractivity contribution in [2.24, 2.45) is 0 Å². The van der Waals surface area contributed by atoms with E-state index in [2.05, 4.69) is 27.8 Å². The van der Waals surface area contributed by atoms with Gasteiger partial charge in [0, 0.05) is 45.2 Å². The van der Waals surface area contributed by atoms with Crippen LogP contribution in [0.2, 0.25) is 0 Å². The van der Waals surface area contributed by atoms with E-state index in [1.807, 2.05) is 36.4 Å². The van der Waals surface area contributed by atoms with E-state index in [9.17, 15) is 5.11 Å². The third kappa shape index (κ3) is 7.56. The van der Waals surface area contributed by atoms with Gasteiger partial charge in [-0.1, -0.05) is 12.1 Å². The van der Waals surface area contributed by atoms with Crippen LogP contribution in [-0.4, -0.2) is 61.2 Å². The Balaban J connectivity index is 1.56. The molecule has 1 N–H and O–H groups in total. The lowest BCUT2D eigenvalue weighted by Gasteiger charge is -2.25. The van der Waals surface area contributed by atoms with Crippen molar-refractivity contribution in [3.8, 4) is 5.75 Å². The summed E-state index contributed by atoms with van der Waals surface area (Å²) in [6.07, 6.45) is 3.09. The van der Waals surface area contributed by atoms with Gasteiger partial charge in [0.15, 0.2) is 0 Å². The summed E-state index contributed by atoms with van der Waals surface area (Å²) in [6.45, 7) is 3.86. The number of aliphatic hydroxyl groups excluding tert-OH is 1. The van der Waals surface area contributed by atoms with Crippen LogP contribution in [0.3, 0.4) is 0 Å². The molecule has 0 saturated carbocycles. The van der Waals surface area contributed by atoms with Gasteiger partial charge in [0.25, 0.3) is 0 Å². The number of furan rings is 1. The second-order valence-corrected chi connectivity index (χ2v) is 7.46. The van der Waals surface area contributed by atoms with E-state index in [1.165, 1.54) is 11.3 Å².